The number of carboxylic acid groups (broad SMARTS) is 1. The quantitative estimate of drug-likeness (QED) is 0.526. The van der Waals surface area contributed by atoms with E-state index in [2.05, 4.69) is 5.32 Å². The number of nitrogens with one attached hydrogen (secondary N) is 1. The van der Waals surface area contributed by atoms with Crippen molar-refractivity contribution in [1.82, 2.24) is 5.32 Å². The molecule has 3 nitrogen and oxygen atoms in total. The Morgan fingerprint density at radius 1 is 1.56 bits per heavy atom. The van der Waals surface area contributed by atoms with Crippen molar-refractivity contribution in [3.63, 3.8) is 0 Å². The van der Waals surface area contributed by atoms with Gasteiger partial charge in [0.15, 0.2) is 0 Å². The molecule has 3 atom stereocenters. The molecule has 2 N–H and O–H groups in total. The molecule has 52 valence electrons. The topological polar surface area (TPSA) is 49.3 Å². The maximum atomic E-state index is 10.3. The van der Waals surface area contributed by atoms with Crippen molar-refractivity contribution < 1.29 is 9.90 Å². The largest absolute Gasteiger partial charge is 0.480 e. The van der Waals surface area contributed by atoms with Crippen LogP contribution in [0.3, 0.4) is 0 Å². The van der Waals surface area contributed by atoms with Gasteiger partial charge in [-0.15, -0.1) is 0 Å². The van der Waals surface area contributed by atoms with Gasteiger partial charge in [-0.05, 0) is 12.8 Å². The summed E-state index contributed by atoms with van der Waals surface area (Å²) in [4.78, 5) is 10.3. The zero-order chi connectivity index (χ0) is 7.02. The highest BCUT2D eigenvalue weighted by molar-refractivity contribution is 5.75. The van der Waals surface area contributed by atoms with Crippen molar-refractivity contribution in [2.75, 3.05) is 0 Å². The summed E-state index contributed by atoms with van der Waals surface area (Å²) in [6.07, 6.45) is 0. The molecule has 3 heteroatoms. The molecule has 1 rings (SSSR count). The molecule has 0 radical (unpaired) electrons. The van der Waals surface area contributed by atoms with Crippen LogP contribution in [0.1, 0.15) is 13.8 Å². The van der Waals surface area contributed by atoms with Gasteiger partial charge >= 0.3 is 5.97 Å². The molecule has 0 aromatic carbocycles. The SMILES string of the molecule is CC1N[C@H](C(=O)O)C1C. The average molecular weight is 129 g/mol. The van der Waals surface area contributed by atoms with Gasteiger partial charge in [0, 0.05) is 6.04 Å². The number of carboxylic acids is 1. The van der Waals surface area contributed by atoms with E-state index in [1.807, 2.05) is 13.8 Å². The first-order valence-corrected chi connectivity index (χ1v) is 3.12. The first-order valence-electron chi connectivity index (χ1n) is 3.12. The second-order valence-corrected chi connectivity index (χ2v) is 2.63. The Morgan fingerprint density at radius 3 is 2.22 bits per heavy atom. The summed E-state index contributed by atoms with van der Waals surface area (Å²) in [6, 6.07) is 0.0612. The molecular weight excluding hydrogens is 118 g/mol. The number of carbonyl (C=O) groups is 1. The second-order valence-electron chi connectivity index (χ2n) is 2.63. The fourth-order valence-corrected chi connectivity index (χ4v) is 1.05. The van der Waals surface area contributed by atoms with Crippen molar-refractivity contribution in [1.29, 1.82) is 0 Å². The Kier molecular flexibility index (Phi) is 1.45. The van der Waals surface area contributed by atoms with E-state index >= 15 is 0 Å². The van der Waals surface area contributed by atoms with Crippen LogP contribution in [0.15, 0.2) is 0 Å². The van der Waals surface area contributed by atoms with Gasteiger partial charge in [-0.25, -0.2) is 0 Å². The van der Waals surface area contributed by atoms with E-state index in [9.17, 15) is 4.79 Å². The van der Waals surface area contributed by atoms with Crippen LogP contribution < -0.4 is 5.32 Å². The average Bonchev–Trinajstić information content (AvgIpc) is 1.81. The van der Waals surface area contributed by atoms with Crippen molar-refractivity contribution in [3.8, 4) is 0 Å². The van der Waals surface area contributed by atoms with Gasteiger partial charge in [0.2, 0.25) is 0 Å². The molecule has 1 saturated heterocycles. The molecule has 0 saturated carbocycles. The Bertz CT molecular complexity index is 135. The minimum Gasteiger partial charge on any atom is -0.480 e. The van der Waals surface area contributed by atoms with Crippen molar-refractivity contribution >= 4 is 5.97 Å². The van der Waals surface area contributed by atoms with Crippen LogP contribution in [0.4, 0.5) is 0 Å². The Labute approximate surface area is 54.1 Å². The summed E-state index contributed by atoms with van der Waals surface area (Å²) in [5.41, 5.74) is 0. The van der Waals surface area contributed by atoms with E-state index in [0.717, 1.165) is 0 Å². The summed E-state index contributed by atoms with van der Waals surface area (Å²) >= 11 is 0. The highest BCUT2D eigenvalue weighted by Gasteiger charge is 2.38. The van der Waals surface area contributed by atoms with Gasteiger partial charge in [0.05, 0.1) is 0 Å². The Morgan fingerprint density at radius 2 is 2.11 bits per heavy atom. The van der Waals surface area contributed by atoms with Gasteiger partial charge < -0.3 is 10.4 Å². The fourth-order valence-electron chi connectivity index (χ4n) is 1.05. The summed E-state index contributed by atoms with van der Waals surface area (Å²) in [6.45, 7) is 3.93. The lowest BCUT2D eigenvalue weighted by atomic mass is 9.86. The number of hydrogen-bond acceptors (Lipinski definition) is 2. The first kappa shape index (κ1) is 6.55. The third-order valence-corrected chi connectivity index (χ3v) is 2.02. The predicted molar refractivity (Wildman–Crippen MR) is 33.2 cm³/mol. The molecule has 1 aliphatic rings. The van der Waals surface area contributed by atoms with Crippen molar-refractivity contribution in [2.45, 2.75) is 25.9 Å². The van der Waals surface area contributed by atoms with Crippen molar-refractivity contribution in [3.05, 3.63) is 0 Å². The zero-order valence-corrected chi connectivity index (χ0v) is 5.59. The smallest absolute Gasteiger partial charge is 0.321 e. The molecule has 1 heterocycles. The summed E-state index contributed by atoms with van der Waals surface area (Å²) in [7, 11) is 0. The van der Waals surface area contributed by atoms with E-state index in [0.29, 0.717) is 6.04 Å². The van der Waals surface area contributed by atoms with Crippen LogP contribution in [-0.2, 0) is 4.79 Å². The molecule has 0 amide bonds. The highest BCUT2D eigenvalue weighted by Crippen LogP contribution is 2.19. The van der Waals surface area contributed by atoms with Crippen LogP contribution in [0.2, 0.25) is 0 Å². The lowest BCUT2D eigenvalue weighted by molar-refractivity contribution is -0.144. The number of aliphatic carboxylic acids is 1. The molecule has 2 unspecified atom stereocenters. The summed E-state index contributed by atoms with van der Waals surface area (Å²) in [5, 5.41) is 11.4. The van der Waals surface area contributed by atoms with E-state index < -0.39 is 5.97 Å². The molecule has 0 aromatic heterocycles. The van der Waals surface area contributed by atoms with Crippen LogP contribution in [0, 0.1) is 5.92 Å². The van der Waals surface area contributed by atoms with Crippen molar-refractivity contribution in [2.24, 2.45) is 5.92 Å². The minimum atomic E-state index is -0.736. The fraction of sp³-hybridized carbons (Fsp3) is 0.833. The molecule has 0 bridgehead atoms. The molecule has 0 aromatic rings. The molecule has 0 spiro atoms. The first-order chi connectivity index (χ1) is 4.13. The highest BCUT2D eigenvalue weighted by atomic mass is 16.4. The van der Waals surface area contributed by atoms with Crippen LogP contribution in [-0.4, -0.2) is 23.2 Å². The summed E-state index contributed by atoms with van der Waals surface area (Å²) in [5.74, 6) is -0.455. The summed E-state index contributed by atoms with van der Waals surface area (Å²) < 4.78 is 0. The van der Waals surface area contributed by atoms with Gasteiger partial charge in [-0.3, -0.25) is 4.79 Å². The Hall–Kier alpha value is -0.570. The lowest BCUT2D eigenvalue weighted by Crippen LogP contribution is -2.62. The molecule has 1 fully saturated rings. The van der Waals surface area contributed by atoms with E-state index in [-0.39, 0.29) is 12.0 Å². The van der Waals surface area contributed by atoms with Crippen LogP contribution in [0.25, 0.3) is 0 Å². The molecule has 0 aliphatic carbocycles. The number of hydrogen-bond donors (Lipinski definition) is 2. The van der Waals surface area contributed by atoms with E-state index in [4.69, 9.17) is 5.11 Å². The third-order valence-electron chi connectivity index (χ3n) is 2.02. The second kappa shape index (κ2) is 1.99. The van der Waals surface area contributed by atoms with Gasteiger partial charge in [0.25, 0.3) is 0 Å². The van der Waals surface area contributed by atoms with E-state index in [1.165, 1.54) is 0 Å². The van der Waals surface area contributed by atoms with Crippen LogP contribution in [0.5, 0.6) is 0 Å². The van der Waals surface area contributed by atoms with Gasteiger partial charge in [-0.1, -0.05) is 6.92 Å². The minimum absolute atomic E-state index is 0.280. The maximum Gasteiger partial charge on any atom is 0.321 e. The van der Waals surface area contributed by atoms with Gasteiger partial charge in [0.1, 0.15) is 6.04 Å². The Balaban J connectivity index is 2.42. The molecular formula is C6H11NO2. The standard InChI is InChI=1S/C6H11NO2/c1-3-4(2)7-5(3)6(8)9/h3-5,7H,1-2H3,(H,8,9)/t3?,4?,5-/m0/s1. The lowest BCUT2D eigenvalue weighted by Gasteiger charge is -2.39. The molecule has 9 heavy (non-hydrogen) atoms. The normalized spacial score (nSPS) is 41.8. The monoisotopic (exact) mass is 129 g/mol. The van der Waals surface area contributed by atoms with Crippen LogP contribution >= 0.6 is 0 Å². The van der Waals surface area contributed by atoms with Gasteiger partial charge in [-0.2, -0.15) is 0 Å². The maximum absolute atomic E-state index is 10.3. The van der Waals surface area contributed by atoms with E-state index in [1.54, 1.807) is 0 Å². The predicted octanol–water partition coefficient (Wildman–Crippen LogP) is 0.0674. The molecule has 1 aliphatic heterocycles. The third kappa shape index (κ3) is 0.920. The zero-order valence-electron chi connectivity index (χ0n) is 5.59. The number of rotatable bonds is 1.